The number of carbonyl (C=O) groups is 1. The molecule has 2 N–H and O–H groups in total. The molecule has 0 saturated carbocycles. The molecule has 2 atom stereocenters. The van der Waals surface area contributed by atoms with Crippen LogP contribution in [0.5, 0.6) is 0 Å². The van der Waals surface area contributed by atoms with Crippen LogP contribution >= 0.6 is 24.8 Å². The van der Waals surface area contributed by atoms with Gasteiger partial charge in [0.15, 0.2) is 0 Å². The van der Waals surface area contributed by atoms with Crippen LogP contribution in [0.1, 0.15) is 12.8 Å². The predicted octanol–water partition coefficient (Wildman–Crippen LogP) is 1.93. The molecule has 1 aliphatic heterocycles. The number of carbonyl (C=O) groups excluding carboxylic acids is 1. The Kier molecular flexibility index (Phi) is 10.4. The number of rotatable bonds is 6. The number of hydrogen-bond donors (Lipinski definition) is 1. The van der Waals surface area contributed by atoms with Crippen LogP contribution in [0.25, 0.3) is 0 Å². The molecule has 132 valence electrons. The summed E-state index contributed by atoms with van der Waals surface area (Å²) in [4.78, 5) is 16.7. The Morgan fingerprint density at radius 3 is 2.35 bits per heavy atom. The van der Waals surface area contributed by atoms with Crippen molar-refractivity contribution in [1.29, 1.82) is 0 Å². The summed E-state index contributed by atoms with van der Waals surface area (Å²) in [6.07, 6.45) is 1.28. The number of anilines is 1. The van der Waals surface area contributed by atoms with Gasteiger partial charge in [0, 0.05) is 25.3 Å². The topological polar surface area (TPSA) is 58.8 Å². The van der Waals surface area contributed by atoms with Gasteiger partial charge >= 0.3 is 0 Å². The fourth-order valence-electron chi connectivity index (χ4n) is 2.51. The number of para-hydroxylation sites is 1. The number of nitrogens with two attached hydrogens (primary N) is 1. The van der Waals surface area contributed by atoms with Crippen LogP contribution in [-0.2, 0) is 9.53 Å². The number of ether oxygens (including phenoxy) is 1. The lowest BCUT2D eigenvalue weighted by Crippen LogP contribution is -2.43. The second kappa shape index (κ2) is 10.8. The molecule has 1 saturated heterocycles. The zero-order valence-electron chi connectivity index (χ0n) is 13.7. The molecule has 0 bridgehead atoms. The number of hydrogen-bond acceptors (Lipinski definition) is 4. The normalized spacial score (nSPS) is 19.8. The summed E-state index contributed by atoms with van der Waals surface area (Å²) in [5.41, 5.74) is 6.55. The minimum atomic E-state index is -0.360. The molecule has 1 aliphatic rings. The summed E-state index contributed by atoms with van der Waals surface area (Å²) >= 11 is 0. The first-order chi connectivity index (χ1) is 10.1. The van der Waals surface area contributed by atoms with Crippen molar-refractivity contribution in [2.24, 2.45) is 5.73 Å². The average molecular weight is 364 g/mol. The van der Waals surface area contributed by atoms with E-state index >= 15 is 0 Å². The largest absolute Gasteiger partial charge is 0.364 e. The molecule has 1 fully saturated rings. The SMILES string of the molecule is CN(C)CCN(C(=O)[C@@H]1CC[C@H](CN)O1)c1ccccc1.Cl.Cl. The molecule has 0 aliphatic carbocycles. The summed E-state index contributed by atoms with van der Waals surface area (Å²) in [5.74, 6) is 0.0407. The Morgan fingerprint density at radius 1 is 1.17 bits per heavy atom. The fraction of sp³-hybridized carbons (Fsp3) is 0.562. The zero-order valence-corrected chi connectivity index (χ0v) is 15.3. The van der Waals surface area contributed by atoms with E-state index in [-0.39, 0.29) is 42.9 Å². The monoisotopic (exact) mass is 363 g/mol. The molecule has 0 unspecified atom stereocenters. The minimum Gasteiger partial charge on any atom is -0.364 e. The first-order valence-corrected chi connectivity index (χ1v) is 7.48. The van der Waals surface area contributed by atoms with E-state index in [4.69, 9.17) is 10.5 Å². The average Bonchev–Trinajstić information content (AvgIpc) is 2.97. The molecule has 0 radical (unpaired) electrons. The van der Waals surface area contributed by atoms with Crippen molar-refractivity contribution in [1.82, 2.24) is 4.90 Å². The van der Waals surface area contributed by atoms with Gasteiger partial charge in [-0.05, 0) is 39.1 Å². The second-order valence-corrected chi connectivity index (χ2v) is 5.69. The van der Waals surface area contributed by atoms with Crippen LogP contribution in [0.3, 0.4) is 0 Å². The van der Waals surface area contributed by atoms with Gasteiger partial charge in [-0.3, -0.25) is 4.79 Å². The summed E-state index contributed by atoms with van der Waals surface area (Å²) in [6.45, 7) is 1.95. The molecule has 0 aromatic heterocycles. The summed E-state index contributed by atoms with van der Waals surface area (Å²) in [5, 5.41) is 0. The van der Waals surface area contributed by atoms with Crippen molar-refractivity contribution in [3.63, 3.8) is 0 Å². The smallest absolute Gasteiger partial charge is 0.256 e. The first kappa shape index (κ1) is 22.1. The maximum absolute atomic E-state index is 12.8. The fourth-order valence-corrected chi connectivity index (χ4v) is 2.51. The molecule has 1 amide bonds. The Hall–Kier alpha value is -0.850. The minimum absolute atomic E-state index is 0. The van der Waals surface area contributed by atoms with Gasteiger partial charge in [0.05, 0.1) is 6.10 Å². The Morgan fingerprint density at radius 2 is 1.83 bits per heavy atom. The Balaban J connectivity index is 0.00000242. The van der Waals surface area contributed by atoms with Crippen molar-refractivity contribution in [2.75, 3.05) is 38.6 Å². The summed E-state index contributed by atoms with van der Waals surface area (Å²) in [7, 11) is 4.01. The van der Waals surface area contributed by atoms with Gasteiger partial charge in [-0.2, -0.15) is 0 Å². The molecular weight excluding hydrogens is 337 g/mol. The lowest BCUT2D eigenvalue weighted by molar-refractivity contribution is -0.129. The molecule has 1 aromatic rings. The number of halogens is 2. The highest BCUT2D eigenvalue weighted by molar-refractivity contribution is 5.96. The lowest BCUT2D eigenvalue weighted by Gasteiger charge is -2.27. The second-order valence-electron chi connectivity index (χ2n) is 5.69. The van der Waals surface area contributed by atoms with E-state index in [1.165, 1.54) is 0 Å². The third-order valence-corrected chi connectivity index (χ3v) is 3.75. The van der Waals surface area contributed by atoms with Crippen LogP contribution in [-0.4, -0.2) is 56.7 Å². The van der Waals surface area contributed by atoms with Gasteiger partial charge in [-0.25, -0.2) is 0 Å². The maximum Gasteiger partial charge on any atom is 0.256 e. The number of nitrogens with zero attached hydrogens (tertiary/aromatic N) is 2. The van der Waals surface area contributed by atoms with Gasteiger partial charge in [-0.15, -0.1) is 24.8 Å². The number of amides is 1. The van der Waals surface area contributed by atoms with Gasteiger partial charge in [0.1, 0.15) is 6.10 Å². The van der Waals surface area contributed by atoms with Crippen molar-refractivity contribution in [3.8, 4) is 0 Å². The molecular formula is C16H27Cl2N3O2. The quantitative estimate of drug-likeness (QED) is 0.838. The van der Waals surface area contributed by atoms with E-state index in [2.05, 4.69) is 4.90 Å². The summed E-state index contributed by atoms with van der Waals surface area (Å²) < 4.78 is 5.75. The molecule has 23 heavy (non-hydrogen) atoms. The van der Waals surface area contributed by atoms with Crippen molar-refractivity contribution < 1.29 is 9.53 Å². The van der Waals surface area contributed by atoms with Crippen molar-refractivity contribution in [2.45, 2.75) is 25.0 Å². The molecule has 5 nitrogen and oxygen atoms in total. The highest BCUT2D eigenvalue weighted by Gasteiger charge is 2.33. The Labute approximate surface area is 151 Å². The third-order valence-electron chi connectivity index (χ3n) is 3.75. The van der Waals surface area contributed by atoms with E-state index in [0.29, 0.717) is 13.1 Å². The van der Waals surface area contributed by atoms with E-state index in [9.17, 15) is 4.79 Å². The molecule has 0 spiro atoms. The molecule has 7 heteroatoms. The molecule has 2 rings (SSSR count). The van der Waals surface area contributed by atoms with Crippen molar-refractivity contribution >= 4 is 36.4 Å². The van der Waals surface area contributed by atoms with Gasteiger partial charge in [0.2, 0.25) is 0 Å². The lowest BCUT2D eigenvalue weighted by atomic mass is 10.1. The van der Waals surface area contributed by atoms with Gasteiger partial charge < -0.3 is 20.3 Å². The third kappa shape index (κ3) is 6.28. The van der Waals surface area contributed by atoms with E-state index in [1.807, 2.05) is 49.3 Å². The van der Waals surface area contributed by atoms with E-state index < -0.39 is 0 Å². The van der Waals surface area contributed by atoms with Crippen LogP contribution in [0.15, 0.2) is 30.3 Å². The highest BCUT2D eigenvalue weighted by Crippen LogP contribution is 2.23. The van der Waals surface area contributed by atoms with Crippen molar-refractivity contribution in [3.05, 3.63) is 30.3 Å². The van der Waals surface area contributed by atoms with Gasteiger partial charge in [-0.1, -0.05) is 18.2 Å². The van der Waals surface area contributed by atoms with Crippen LogP contribution < -0.4 is 10.6 Å². The standard InChI is InChI=1S/C16H25N3O2.2ClH/c1-18(2)10-11-19(13-6-4-3-5-7-13)16(20)15-9-8-14(12-17)21-15;;/h3-7,14-15H,8-12,17H2,1-2H3;2*1H/t14-,15+;;/m1../s1. The van der Waals surface area contributed by atoms with E-state index in [1.54, 1.807) is 0 Å². The summed E-state index contributed by atoms with van der Waals surface area (Å²) in [6, 6.07) is 9.77. The van der Waals surface area contributed by atoms with Gasteiger partial charge in [0.25, 0.3) is 5.91 Å². The van der Waals surface area contributed by atoms with Crippen LogP contribution in [0.2, 0.25) is 0 Å². The predicted molar refractivity (Wildman–Crippen MR) is 98.8 cm³/mol. The Bertz CT molecular complexity index is 460. The number of benzene rings is 1. The zero-order chi connectivity index (χ0) is 15.2. The number of likely N-dealkylation sites (N-methyl/N-ethyl adjacent to an activating group) is 1. The van der Waals surface area contributed by atoms with Crippen LogP contribution in [0.4, 0.5) is 5.69 Å². The maximum atomic E-state index is 12.8. The molecule has 1 aromatic carbocycles. The van der Waals surface area contributed by atoms with E-state index in [0.717, 1.165) is 25.1 Å². The highest BCUT2D eigenvalue weighted by atomic mass is 35.5. The first-order valence-electron chi connectivity index (χ1n) is 7.48. The molecule has 1 heterocycles. The van der Waals surface area contributed by atoms with Crippen LogP contribution in [0, 0.1) is 0 Å².